The van der Waals surface area contributed by atoms with Crippen molar-refractivity contribution < 1.29 is 39.3 Å². The number of nitrogens with two attached hydrogens (primary N) is 1. The van der Waals surface area contributed by atoms with E-state index in [2.05, 4.69) is 10.6 Å². The fourth-order valence-electron chi connectivity index (χ4n) is 2.18. The van der Waals surface area contributed by atoms with Crippen LogP contribution in [0.5, 0.6) is 0 Å². The topological polar surface area (TPSA) is 208 Å². The van der Waals surface area contributed by atoms with Crippen LogP contribution in [0.1, 0.15) is 33.1 Å². The van der Waals surface area contributed by atoms with Crippen LogP contribution in [0.25, 0.3) is 0 Å². The summed E-state index contributed by atoms with van der Waals surface area (Å²) in [5.41, 5.74) is 5.71. The molecule has 12 heteroatoms. The lowest BCUT2D eigenvalue weighted by Crippen LogP contribution is -2.57. The molecule has 12 nitrogen and oxygen atoms in total. The number of carboxylic acids is 2. The highest BCUT2D eigenvalue weighted by atomic mass is 16.4. The van der Waals surface area contributed by atoms with E-state index < -0.39 is 67.4 Å². The van der Waals surface area contributed by atoms with Crippen LogP contribution in [0, 0.1) is 5.92 Å². The van der Waals surface area contributed by atoms with Crippen molar-refractivity contribution in [2.75, 3.05) is 13.2 Å². The number of aliphatic hydroxyl groups is 1. The fourth-order valence-corrected chi connectivity index (χ4v) is 2.18. The summed E-state index contributed by atoms with van der Waals surface area (Å²) in [4.78, 5) is 57.6. The monoisotopic (exact) mass is 404 g/mol. The number of hydrogen-bond acceptors (Lipinski definition) is 7. The molecule has 3 amide bonds. The van der Waals surface area contributed by atoms with E-state index in [1.54, 1.807) is 0 Å². The van der Waals surface area contributed by atoms with Crippen LogP contribution in [0.4, 0.5) is 0 Å². The highest BCUT2D eigenvalue weighted by Crippen LogP contribution is 2.03. The van der Waals surface area contributed by atoms with Gasteiger partial charge in [0.15, 0.2) is 0 Å². The molecule has 8 N–H and O–H groups in total. The SMILES string of the molecule is CC(C)CC(N)C(=O)NC(CO)C(=O)NC(CCC(=O)O)C(=O)NCC(=O)O. The van der Waals surface area contributed by atoms with Gasteiger partial charge in [0.25, 0.3) is 0 Å². The van der Waals surface area contributed by atoms with Crippen molar-refractivity contribution >= 4 is 29.7 Å². The first-order valence-corrected chi connectivity index (χ1v) is 8.66. The summed E-state index contributed by atoms with van der Waals surface area (Å²) >= 11 is 0. The second kappa shape index (κ2) is 12.6. The van der Waals surface area contributed by atoms with Gasteiger partial charge in [-0.15, -0.1) is 0 Å². The number of carbonyl (C=O) groups is 5. The molecular formula is C16H28N4O8. The van der Waals surface area contributed by atoms with E-state index in [0.29, 0.717) is 6.42 Å². The Bertz CT molecular complexity index is 581. The van der Waals surface area contributed by atoms with Crippen LogP contribution in [-0.2, 0) is 24.0 Å². The van der Waals surface area contributed by atoms with Crippen molar-refractivity contribution in [3.05, 3.63) is 0 Å². The molecular weight excluding hydrogens is 376 g/mol. The third-order valence-corrected chi connectivity index (χ3v) is 3.57. The van der Waals surface area contributed by atoms with E-state index in [1.807, 2.05) is 19.2 Å². The van der Waals surface area contributed by atoms with E-state index in [-0.39, 0.29) is 12.3 Å². The average Bonchev–Trinajstić information content (AvgIpc) is 2.59. The molecule has 0 aromatic carbocycles. The lowest BCUT2D eigenvalue weighted by atomic mass is 10.0. The molecule has 28 heavy (non-hydrogen) atoms. The van der Waals surface area contributed by atoms with Gasteiger partial charge in [-0.25, -0.2) is 0 Å². The molecule has 0 aliphatic rings. The average molecular weight is 404 g/mol. The first kappa shape index (κ1) is 25.3. The summed E-state index contributed by atoms with van der Waals surface area (Å²) < 4.78 is 0. The van der Waals surface area contributed by atoms with E-state index in [9.17, 15) is 29.1 Å². The Balaban J connectivity index is 5.01. The van der Waals surface area contributed by atoms with Crippen LogP contribution in [-0.4, -0.2) is 76.3 Å². The Morgan fingerprint density at radius 3 is 1.93 bits per heavy atom. The zero-order valence-corrected chi connectivity index (χ0v) is 15.8. The lowest BCUT2D eigenvalue weighted by Gasteiger charge is -2.23. The van der Waals surface area contributed by atoms with Gasteiger partial charge < -0.3 is 37.0 Å². The number of carboxylic acid groups (broad SMARTS) is 2. The number of carbonyl (C=O) groups excluding carboxylic acids is 3. The van der Waals surface area contributed by atoms with Crippen molar-refractivity contribution in [3.8, 4) is 0 Å². The van der Waals surface area contributed by atoms with Gasteiger partial charge >= 0.3 is 11.9 Å². The number of aliphatic hydroxyl groups excluding tert-OH is 1. The predicted molar refractivity (Wildman–Crippen MR) is 95.9 cm³/mol. The minimum Gasteiger partial charge on any atom is -0.481 e. The number of nitrogens with one attached hydrogen (secondary N) is 3. The Morgan fingerprint density at radius 1 is 0.893 bits per heavy atom. The number of aliphatic carboxylic acids is 2. The van der Waals surface area contributed by atoms with Crippen molar-refractivity contribution in [2.45, 2.75) is 51.2 Å². The minimum absolute atomic E-state index is 0.125. The summed E-state index contributed by atoms with van der Waals surface area (Å²) in [6, 6.07) is -3.67. The molecule has 0 aliphatic heterocycles. The highest BCUT2D eigenvalue weighted by molar-refractivity contribution is 5.93. The minimum atomic E-state index is -1.41. The van der Waals surface area contributed by atoms with Crippen molar-refractivity contribution in [1.29, 1.82) is 0 Å². The zero-order chi connectivity index (χ0) is 21.9. The van der Waals surface area contributed by atoms with Crippen LogP contribution in [0.15, 0.2) is 0 Å². The quantitative estimate of drug-likeness (QED) is 0.171. The normalized spacial score (nSPS) is 13.9. The van der Waals surface area contributed by atoms with Crippen LogP contribution < -0.4 is 21.7 Å². The Kier molecular flexibility index (Phi) is 11.4. The molecule has 3 unspecified atom stereocenters. The van der Waals surface area contributed by atoms with Crippen LogP contribution in [0.2, 0.25) is 0 Å². The Labute approximate surface area is 161 Å². The maximum absolute atomic E-state index is 12.3. The van der Waals surface area contributed by atoms with E-state index >= 15 is 0 Å². The molecule has 0 fully saturated rings. The third-order valence-electron chi connectivity index (χ3n) is 3.57. The largest absolute Gasteiger partial charge is 0.481 e. The maximum Gasteiger partial charge on any atom is 0.322 e. The van der Waals surface area contributed by atoms with Gasteiger partial charge in [0, 0.05) is 6.42 Å². The highest BCUT2D eigenvalue weighted by Gasteiger charge is 2.28. The fraction of sp³-hybridized carbons (Fsp3) is 0.688. The van der Waals surface area contributed by atoms with Gasteiger partial charge in [0.05, 0.1) is 12.6 Å². The van der Waals surface area contributed by atoms with Gasteiger partial charge in [-0.3, -0.25) is 24.0 Å². The molecule has 0 heterocycles. The van der Waals surface area contributed by atoms with Gasteiger partial charge in [-0.2, -0.15) is 0 Å². The zero-order valence-electron chi connectivity index (χ0n) is 15.8. The summed E-state index contributed by atoms with van der Waals surface area (Å²) in [5.74, 6) is -4.93. The number of hydrogen-bond donors (Lipinski definition) is 7. The molecule has 0 rings (SSSR count). The van der Waals surface area contributed by atoms with Gasteiger partial charge in [0.2, 0.25) is 17.7 Å². The van der Waals surface area contributed by atoms with E-state index in [4.69, 9.17) is 15.9 Å². The summed E-state index contributed by atoms with van der Waals surface area (Å²) in [7, 11) is 0. The predicted octanol–water partition coefficient (Wildman–Crippen LogP) is -2.61. The summed E-state index contributed by atoms with van der Waals surface area (Å²) in [6.45, 7) is 2.20. The van der Waals surface area contributed by atoms with E-state index in [1.165, 1.54) is 0 Å². The van der Waals surface area contributed by atoms with Gasteiger partial charge in [-0.1, -0.05) is 13.8 Å². The lowest BCUT2D eigenvalue weighted by molar-refractivity contribution is -0.140. The van der Waals surface area contributed by atoms with Crippen molar-refractivity contribution in [1.82, 2.24) is 16.0 Å². The van der Waals surface area contributed by atoms with Crippen molar-refractivity contribution in [2.24, 2.45) is 11.7 Å². The van der Waals surface area contributed by atoms with Gasteiger partial charge in [-0.05, 0) is 18.8 Å². The first-order chi connectivity index (χ1) is 13.0. The molecule has 0 aromatic rings. The number of amides is 3. The molecule has 3 atom stereocenters. The Hall–Kier alpha value is -2.73. The molecule has 0 saturated heterocycles. The maximum atomic E-state index is 12.3. The van der Waals surface area contributed by atoms with Crippen molar-refractivity contribution in [3.63, 3.8) is 0 Å². The standard InChI is InChI=1S/C16H28N4O8/c1-8(2)5-9(17)14(26)20-11(7-21)16(28)19-10(3-4-12(22)23)15(27)18-6-13(24)25/h8-11,21H,3-7,17H2,1-2H3,(H,18,27)(H,19,28)(H,20,26)(H,22,23)(H,24,25). The molecule has 0 bridgehead atoms. The first-order valence-electron chi connectivity index (χ1n) is 8.66. The Morgan fingerprint density at radius 2 is 1.46 bits per heavy atom. The van der Waals surface area contributed by atoms with E-state index in [0.717, 1.165) is 0 Å². The molecule has 160 valence electrons. The second-order valence-corrected chi connectivity index (χ2v) is 6.58. The molecule has 0 spiro atoms. The van der Waals surface area contributed by atoms with Crippen LogP contribution in [0.3, 0.4) is 0 Å². The molecule has 0 saturated carbocycles. The number of rotatable bonds is 13. The van der Waals surface area contributed by atoms with Gasteiger partial charge in [0.1, 0.15) is 18.6 Å². The molecule has 0 aliphatic carbocycles. The molecule has 0 aromatic heterocycles. The summed E-state index contributed by atoms with van der Waals surface area (Å²) in [5, 5.41) is 33.2. The smallest absolute Gasteiger partial charge is 0.322 e. The van der Waals surface area contributed by atoms with Crippen LogP contribution >= 0.6 is 0 Å². The third kappa shape index (κ3) is 10.4. The summed E-state index contributed by atoms with van der Waals surface area (Å²) in [6.07, 6.45) is -0.434. The second-order valence-electron chi connectivity index (χ2n) is 6.58. The molecule has 0 radical (unpaired) electrons.